The van der Waals surface area contributed by atoms with Crippen molar-refractivity contribution >= 4 is 17.2 Å². The molecular weight excluding hydrogens is 326 g/mol. The molecule has 24 heavy (non-hydrogen) atoms. The van der Waals surface area contributed by atoms with Crippen LogP contribution in [0.2, 0.25) is 0 Å². The highest BCUT2D eigenvalue weighted by molar-refractivity contribution is 7.13. The van der Waals surface area contributed by atoms with E-state index in [9.17, 15) is 9.59 Å². The number of amides is 1. The van der Waals surface area contributed by atoms with Crippen molar-refractivity contribution in [3.05, 3.63) is 63.5 Å². The van der Waals surface area contributed by atoms with Crippen LogP contribution in [0.5, 0.6) is 0 Å². The van der Waals surface area contributed by atoms with E-state index in [1.54, 1.807) is 4.90 Å². The first-order valence-electron chi connectivity index (χ1n) is 7.67. The lowest BCUT2D eigenvalue weighted by molar-refractivity contribution is -0.133. The summed E-state index contributed by atoms with van der Waals surface area (Å²) in [4.78, 5) is 27.0. The fourth-order valence-corrected chi connectivity index (χ4v) is 3.49. The molecule has 0 bridgehead atoms. The first-order chi connectivity index (χ1) is 11.7. The second-order valence-corrected chi connectivity index (χ2v) is 6.59. The average Bonchev–Trinajstić information content (AvgIpc) is 3.25. The van der Waals surface area contributed by atoms with Crippen molar-refractivity contribution in [1.29, 1.82) is 0 Å². The van der Waals surface area contributed by atoms with Crippen LogP contribution in [0.4, 0.5) is 0 Å². The lowest BCUT2D eigenvalue weighted by atomic mass is 10.00. The van der Waals surface area contributed by atoms with Crippen LogP contribution in [0.3, 0.4) is 0 Å². The Labute approximate surface area is 141 Å². The van der Waals surface area contributed by atoms with E-state index in [0.29, 0.717) is 13.1 Å². The van der Waals surface area contributed by atoms with Gasteiger partial charge in [-0.25, -0.2) is 4.79 Å². The van der Waals surface area contributed by atoms with Gasteiger partial charge < -0.3 is 9.32 Å². The molecule has 0 N–H and O–H groups in total. The van der Waals surface area contributed by atoms with Crippen LogP contribution >= 0.6 is 11.3 Å². The zero-order valence-electron chi connectivity index (χ0n) is 12.8. The molecule has 1 amide bonds. The third-order valence-corrected chi connectivity index (χ3v) is 4.96. The van der Waals surface area contributed by atoms with Gasteiger partial charge in [0.2, 0.25) is 5.91 Å². The first kappa shape index (κ1) is 14.9. The smallest absolute Gasteiger partial charge is 0.387 e. The standard InChI is InChI=1S/C17H15N3O3S/c21-15(19-8-7-12-4-1-2-5-13(12)10-19)11-20-17(22)23-16(18-20)14-6-3-9-24-14/h1-6,9H,7-8,10-11H2. The van der Waals surface area contributed by atoms with Crippen LogP contribution in [-0.4, -0.2) is 27.1 Å². The minimum absolute atomic E-state index is 0.101. The van der Waals surface area contributed by atoms with Crippen LogP contribution < -0.4 is 5.76 Å². The molecule has 3 aromatic rings. The summed E-state index contributed by atoms with van der Waals surface area (Å²) in [5.74, 6) is -0.478. The molecule has 4 rings (SSSR count). The number of rotatable bonds is 3. The Morgan fingerprint density at radius 1 is 1.21 bits per heavy atom. The van der Waals surface area contributed by atoms with Gasteiger partial charge in [0.25, 0.3) is 5.89 Å². The van der Waals surface area contributed by atoms with Crippen LogP contribution in [0.15, 0.2) is 51.0 Å². The maximum Gasteiger partial charge on any atom is 0.437 e. The largest absolute Gasteiger partial charge is 0.437 e. The summed E-state index contributed by atoms with van der Waals surface area (Å²) in [6.45, 7) is 1.12. The predicted octanol–water partition coefficient (Wildman–Crippen LogP) is 2.15. The van der Waals surface area contributed by atoms with Crippen LogP contribution in [0.25, 0.3) is 10.8 Å². The zero-order valence-corrected chi connectivity index (χ0v) is 13.7. The number of carbonyl (C=O) groups is 1. The number of hydrogen-bond donors (Lipinski definition) is 0. The third kappa shape index (κ3) is 2.78. The summed E-state index contributed by atoms with van der Waals surface area (Å²) < 4.78 is 6.23. The van der Waals surface area contributed by atoms with E-state index in [1.165, 1.54) is 16.9 Å². The van der Waals surface area contributed by atoms with Crippen molar-refractivity contribution in [2.24, 2.45) is 0 Å². The molecule has 122 valence electrons. The molecule has 0 saturated heterocycles. The van der Waals surface area contributed by atoms with Crippen molar-refractivity contribution in [3.8, 4) is 10.8 Å². The highest BCUT2D eigenvalue weighted by atomic mass is 32.1. The van der Waals surface area contributed by atoms with Gasteiger partial charge >= 0.3 is 5.76 Å². The molecule has 6 nitrogen and oxygen atoms in total. The van der Waals surface area contributed by atoms with Crippen molar-refractivity contribution in [3.63, 3.8) is 0 Å². The van der Waals surface area contributed by atoms with E-state index in [2.05, 4.69) is 11.2 Å². The quantitative estimate of drug-likeness (QED) is 0.732. The summed E-state index contributed by atoms with van der Waals surface area (Å²) in [6.07, 6.45) is 0.829. The Bertz CT molecular complexity index is 927. The van der Waals surface area contributed by atoms with Crippen molar-refractivity contribution in [2.45, 2.75) is 19.5 Å². The minimum Gasteiger partial charge on any atom is -0.387 e. The topological polar surface area (TPSA) is 68.3 Å². The number of fused-ring (bicyclic) bond motifs is 1. The number of nitrogens with zero attached hydrogens (tertiary/aromatic N) is 3. The average molecular weight is 341 g/mol. The molecule has 0 spiro atoms. The first-order valence-corrected chi connectivity index (χ1v) is 8.55. The van der Waals surface area contributed by atoms with Gasteiger partial charge in [0.05, 0.1) is 4.88 Å². The number of carbonyl (C=O) groups excluding carboxylic acids is 1. The van der Waals surface area contributed by atoms with Gasteiger partial charge in [0, 0.05) is 13.1 Å². The monoisotopic (exact) mass is 341 g/mol. The second kappa shape index (κ2) is 6.09. The molecule has 3 heterocycles. The van der Waals surface area contributed by atoms with Crippen LogP contribution in [-0.2, 0) is 24.3 Å². The van der Waals surface area contributed by atoms with E-state index in [1.807, 2.05) is 35.7 Å². The number of thiophene rings is 1. The van der Waals surface area contributed by atoms with E-state index in [0.717, 1.165) is 21.5 Å². The highest BCUT2D eigenvalue weighted by Gasteiger charge is 2.22. The third-order valence-electron chi connectivity index (χ3n) is 4.11. The number of hydrogen-bond acceptors (Lipinski definition) is 5. The second-order valence-electron chi connectivity index (χ2n) is 5.64. The van der Waals surface area contributed by atoms with Crippen molar-refractivity contribution in [1.82, 2.24) is 14.7 Å². The summed E-state index contributed by atoms with van der Waals surface area (Å²) in [6, 6.07) is 11.8. The lowest BCUT2D eigenvalue weighted by Crippen LogP contribution is -2.39. The Kier molecular flexibility index (Phi) is 3.78. The molecule has 0 aliphatic carbocycles. The summed E-state index contributed by atoms with van der Waals surface area (Å²) >= 11 is 1.43. The Morgan fingerprint density at radius 3 is 2.83 bits per heavy atom. The van der Waals surface area contributed by atoms with Crippen molar-refractivity contribution < 1.29 is 9.21 Å². The summed E-state index contributed by atoms with van der Waals surface area (Å²) in [5.41, 5.74) is 2.43. The van der Waals surface area contributed by atoms with Gasteiger partial charge in [-0.2, -0.15) is 4.68 Å². The SMILES string of the molecule is O=C(Cn1nc(-c2cccs2)oc1=O)N1CCc2ccccc2C1. The van der Waals surface area contributed by atoms with Gasteiger partial charge in [-0.15, -0.1) is 16.4 Å². The molecule has 0 radical (unpaired) electrons. The van der Waals surface area contributed by atoms with E-state index < -0.39 is 5.76 Å². The molecule has 0 saturated carbocycles. The maximum absolute atomic E-state index is 12.5. The molecule has 0 fully saturated rings. The number of benzene rings is 1. The van der Waals surface area contributed by atoms with Crippen LogP contribution in [0, 0.1) is 0 Å². The minimum atomic E-state index is -0.607. The molecule has 1 aliphatic heterocycles. The van der Waals surface area contributed by atoms with Gasteiger partial charge in [-0.05, 0) is 29.0 Å². The zero-order chi connectivity index (χ0) is 16.5. The van der Waals surface area contributed by atoms with Gasteiger partial charge in [0.15, 0.2) is 0 Å². The normalized spacial score (nSPS) is 13.8. The van der Waals surface area contributed by atoms with E-state index in [4.69, 9.17) is 4.42 Å². The summed E-state index contributed by atoms with van der Waals surface area (Å²) in [7, 11) is 0. The highest BCUT2D eigenvalue weighted by Crippen LogP contribution is 2.21. The molecule has 1 aliphatic rings. The molecule has 7 heteroatoms. The van der Waals surface area contributed by atoms with E-state index >= 15 is 0 Å². The Balaban J connectivity index is 1.50. The molecular formula is C17H15N3O3S. The molecule has 0 atom stereocenters. The van der Waals surface area contributed by atoms with Crippen LogP contribution in [0.1, 0.15) is 11.1 Å². The molecule has 0 unspecified atom stereocenters. The Morgan fingerprint density at radius 2 is 2.04 bits per heavy atom. The molecule has 1 aromatic carbocycles. The fourth-order valence-electron chi connectivity index (χ4n) is 2.84. The Hall–Kier alpha value is -2.67. The van der Waals surface area contributed by atoms with Gasteiger partial charge in [0.1, 0.15) is 6.54 Å². The number of aromatic nitrogens is 2. The predicted molar refractivity (Wildman–Crippen MR) is 89.6 cm³/mol. The maximum atomic E-state index is 12.5. The van der Waals surface area contributed by atoms with Crippen molar-refractivity contribution in [2.75, 3.05) is 6.54 Å². The fraction of sp³-hybridized carbons (Fsp3) is 0.235. The van der Waals surface area contributed by atoms with Gasteiger partial charge in [-0.1, -0.05) is 30.3 Å². The van der Waals surface area contributed by atoms with Gasteiger partial charge in [-0.3, -0.25) is 4.79 Å². The lowest BCUT2D eigenvalue weighted by Gasteiger charge is -2.28. The van der Waals surface area contributed by atoms with E-state index in [-0.39, 0.29) is 18.3 Å². The molecule has 2 aromatic heterocycles. The summed E-state index contributed by atoms with van der Waals surface area (Å²) in [5, 5.41) is 6.01.